The average Bonchev–Trinajstić information content (AvgIpc) is 3.39. The van der Waals surface area contributed by atoms with Crippen LogP contribution in [0.1, 0.15) is 11.1 Å². The van der Waals surface area contributed by atoms with Crippen LogP contribution in [0, 0.1) is 0 Å². The molecule has 7 nitrogen and oxygen atoms in total. The third-order valence-corrected chi connectivity index (χ3v) is 7.13. The van der Waals surface area contributed by atoms with Crippen LogP contribution in [0.25, 0.3) is 33.2 Å². The Labute approximate surface area is 209 Å². The Morgan fingerprint density at radius 2 is 1.76 bits per heavy atom. The first-order chi connectivity index (χ1) is 17.7. The number of hydrogen-bond donors (Lipinski definition) is 2. The molecule has 2 aromatic heterocycles. The third-order valence-electron chi connectivity index (χ3n) is 5.78. The number of benzene rings is 3. The molecular formula is C26H18F3N3O4S. The Hall–Kier alpha value is -4.22. The molecule has 3 aromatic carbocycles. The van der Waals surface area contributed by atoms with E-state index in [0.717, 1.165) is 12.1 Å². The average molecular weight is 526 g/mol. The monoisotopic (exact) mass is 525 g/mol. The zero-order valence-electron chi connectivity index (χ0n) is 18.9. The fourth-order valence-corrected chi connectivity index (χ4v) is 5.04. The largest absolute Gasteiger partial charge is 0.416 e. The smallest absolute Gasteiger partial charge is 0.392 e. The molecule has 37 heavy (non-hydrogen) atoms. The van der Waals surface area contributed by atoms with E-state index in [1.807, 2.05) is 0 Å². The summed E-state index contributed by atoms with van der Waals surface area (Å²) in [4.78, 5) is 4.44. The van der Waals surface area contributed by atoms with Crippen LogP contribution in [0.5, 0.6) is 0 Å². The topological polar surface area (TPSA) is 105 Å². The summed E-state index contributed by atoms with van der Waals surface area (Å²) in [5, 5.41) is 14.8. The molecule has 5 aromatic rings. The number of aliphatic hydroxyl groups is 1. The first-order valence-electron chi connectivity index (χ1n) is 10.9. The highest BCUT2D eigenvalue weighted by Gasteiger charge is 2.30. The summed E-state index contributed by atoms with van der Waals surface area (Å²) in [5.74, 6) is 0.0453. The molecule has 0 unspecified atom stereocenters. The van der Waals surface area contributed by atoms with Gasteiger partial charge in [0.2, 0.25) is 0 Å². The van der Waals surface area contributed by atoms with Gasteiger partial charge in [0.05, 0.1) is 22.8 Å². The lowest BCUT2D eigenvalue weighted by molar-refractivity contribution is -0.137. The zero-order chi connectivity index (χ0) is 26.2. The number of fused-ring (bicyclic) bond motifs is 1. The van der Waals surface area contributed by atoms with E-state index in [1.165, 1.54) is 36.7 Å². The van der Waals surface area contributed by atoms with Gasteiger partial charge in [0.25, 0.3) is 10.0 Å². The molecule has 0 atom stereocenters. The van der Waals surface area contributed by atoms with E-state index in [4.69, 9.17) is 0 Å². The quantitative estimate of drug-likeness (QED) is 0.287. The van der Waals surface area contributed by atoms with Crippen molar-refractivity contribution in [3.63, 3.8) is 0 Å². The van der Waals surface area contributed by atoms with Gasteiger partial charge in [0.1, 0.15) is 6.26 Å². The molecule has 0 saturated heterocycles. The minimum atomic E-state index is -4.47. The summed E-state index contributed by atoms with van der Waals surface area (Å²) in [6.45, 7) is -0.381. The van der Waals surface area contributed by atoms with Gasteiger partial charge < -0.3 is 9.63 Å². The first kappa shape index (κ1) is 24.5. The Kier molecular flexibility index (Phi) is 6.18. The van der Waals surface area contributed by atoms with Crippen molar-refractivity contribution >= 4 is 26.6 Å². The summed E-state index contributed by atoms with van der Waals surface area (Å²) < 4.78 is 72.0. The minimum absolute atomic E-state index is 0.00225. The van der Waals surface area contributed by atoms with Crippen molar-refractivity contribution in [2.45, 2.75) is 17.7 Å². The van der Waals surface area contributed by atoms with Gasteiger partial charge >= 0.3 is 6.18 Å². The van der Waals surface area contributed by atoms with Crippen LogP contribution in [0.3, 0.4) is 0 Å². The van der Waals surface area contributed by atoms with E-state index in [2.05, 4.69) is 19.4 Å². The Balaban J connectivity index is 1.55. The summed E-state index contributed by atoms with van der Waals surface area (Å²) in [6, 6.07) is 17.5. The van der Waals surface area contributed by atoms with E-state index in [-0.39, 0.29) is 17.3 Å². The van der Waals surface area contributed by atoms with E-state index < -0.39 is 21.8 Å². The molecule has 188 valence electrons. The summed E-state index contributed by atoms with van der Waals surface area (Å²) in [6.07, 6.45) is -1.71. The fourth-order valence-electron chi connectivity index (χ4n) is 4.01. The normalized spacial score (nSPS) is 12.1. The van der Waals surface area contributed by atoms with Gasteiger partial charge in [-0.3, -0.25) is 9.71 Å². The molecule has 0 radical (unpaired) electrons. The van der Waals surface area contributed by atoms with E-state index in [9.17, 15) is 26.7 Å². The van der Waals surface area contributed by atoms with E-state index in [1.54, 1.807) is 36.4 Å². The van der Waals surface area contributed by atoms with Crippen LogP contribution >= 0.6 is 0 Å². The molecule has 2 heterocycles. The molecule has 0 aliphatic heterocycles. The molecule has 11 heteroatoms. The van der Waals surface area contributed by atoms with E-state index >= 15 is 0 Å². The molecule has 0 amide bonds. The maximum Gasteiger partial charge on any atom is 0.416 e. The van der Waals surface area contributed by atoms with Gasteiger partial charge in [0.15, 0.2) is 5.82 Å². The lowest BCUT2D eigenvalue weighted by Crippen LogP contribution is -2.13. The number of sulfonamides is 1. The van der Waals surface area contributed by atoms with Crippen LogP contribution < -0.4 is 4.72 Å². The third kappa shape index (κ3) is 4.91. The lowest BCUT2D eigenvalue weighted by atomic mass is 9.95. The molecular weight excluding hydrogens is 507 g/mol. The molecule has 0 saturated carbocycles. The predicted molar refractivity (Wildman–Crippen MR) is 131 cm³/mol. The number of nitrogens with one attached hydrogen (secondary N) is 1. The molecule has 0 bridgehead atoms. The molecule has 0 aliphatic carbocycles. The standard InChI is InChI=1S/C26H18F3N3O4S/c27-26(28,29)20-3-1-2-16(13-20)17-4-6-23(19(12-17)15-33)25-22-7-5-21(14-18(22)8-10-30-25)37(34,35)32-24-9-11-36-31-24/h1-14,33H,15H2,(H,31,32). The van der Waals surface area contributed by atoms with Gasteiger partial charge in [-0.15, -0.1) is 0 Å². The number of hydrogen-bond acceptors (Lipinski definition) is 6. The van der Waals surface area contributed by atoms with Crippen LogP contribution in [0.15, 0.2) is 94.7 Å². The van der Waals surface area contributed by atoms with Crippen molar-refractivity contribution in [1.82, 2.24) is 10.1 Å². The van der Waals surface area contributed by atoms with Gasteiger partial charge in [-0.25, -0.2) is 8.42 Å². The number of pyridine rings is 1. The minimum Gasteiger partial charge on any atom is -0.392 e. The van der Waals surface area contributed by atoms with Crippen molar-refractivity contribution in [3.05, 3.63) is 96.4 Å². The van der Waals surface area contributed by atoms with Gasteiger partial charge in [0, 0.05) is 23.2 Å². The number of aromatic nitrogens is 2. The summed E-state index contributed by atoms with van der Waals surface area (Å²) in [5.41, 5.74) is 1.62. The number of alkyl halides is 3. The SMILES string of the molecule is O=S(=O)(Nc1ccon1)c1ccc2c(-c3ccc(-c4cccc(C(F)(F)F)c4)cc3CO)nccc2c1. The first-order valence-corrected chi connectivity index (χ1v) is 12.4. The lowest BCUT2D eigenvalue weighted by Gasteiger charge is -2.14. The second-order valence-electron chi connectivity index (χ2n) is 8.14. The molecule has 0 fully saturated rings. The number of rotatable bonds is 6. The van der Waals surface area contributed by atoms with Gasteiger partial charge in [-0.05, 0) is 58.5 Å². The Morgan fingerprint density at radius 3 is 2.49 bits per heavy atom. The summed E-state index contributed by atoms with van der Waals surface area (Å²) >= 11 is 0. The van der Waals surface area contributed by atoms with Crippen LogP contribution in [0.2, 0.25) is 0 Å². The maximum absolute atomic E-state index is 13.2. The van der Waals surface area contributed by atoms with Crippen molar-refractivity contribution < 1.29 is 31.2 Å². The van der Waals surface area contributed by atoms with Crippen molar-refractivity contribution in [2.75, 3.05) is 4.72 Å². The maximum atomic E-state index is 13.2. The molecule has 2 N–H and O–H groups in total. The second-order valence-corrected chi connectivity index (χ2v) is 9.82. The van der Waals surface area contributed by atoms with Crippen LogP contribution in [-0.4, -0.2) is 23.7 Å². The van der Waals surface area contributed by atoms with Gasteiger partial charge in [-0.1, -0.05) is 35.5 Å². The van der Waals surface area contributed by atoms with Crippen LogP contribution in [0.4, 0.5) is 19.0 Å². The highest BCUT2D eigenvalue weighted by Crippen LogP contribution is 2.35. The number of anilines is 1. The van der Waals surface area contributed by atoms with Crippen molar-refractivity contribution in [1.29, 1.82) is 0 Å². The zero-order valence-corrected chi connectivity index (χ0v) is 19.7. The Bertz CT molecular complexity index is 1700. The van der Waals surface area contributed by atoms with Gasteiger partial charge in [-0.2, -0.15) is 13.2 Å². The van der Waals surface area contributed by atoms with Crippen LogP contribution in [-0.2, 0) is 22.8 Å². The van der Waals surface area contributed by atoms with Crippen molar-refractivity contribution in [2.24, 2.45) is 0 Å². The number of halogens is 3. The Morgan fingerprint density at radius 1 is 0.946 bits per heavy atom. The molecule has 0 aliphatic rings. The van der Waals surface area contributed by atoms with E-state index in [0.29, 0.717) is 38.7 Å². The summed E-state index contributed by atoms with van der Waals surface area (Å²) in [7, 11) is -3.93. The number of aliphatic hydroxyl groups excluding tert-OH is 1. The molecule has 0 spiro atoms. The fraction of sp³-hybridized carbons (Fsp3) is 0.0769. The number of nitrogens with zero attached hydrogens (tertiary/aromatic N) is 2. The highest BCUT2D eigenvalue weighted by atomic mass is 32.2. The predicted octanol–water partition coefficient (Wildman–Crippen LogP) is 5.87. The van der Waals surface area contributed by atoms with Crippen molar-refractivity contribution in [3.8, 4) is 22.4 Å². The second kappa shape index (κ2) is 9.34. The highest BCUT2D eigenvalue weighted by molar-refractivity contribution is 7.92. The molecule has 5 rings (SSSR count).